The Bertz CT molecular complexity index is 743. The number of thiophene rings is 1. The first kappa shape index (κ1) is 24.2. The summed E-state index contributed by atoms with van der Waals surface area (Å²) in [5.41, 5.74) is 1.24. The van der Waals surface area contributed by atoms with Crippen LogP contribution in [0.4, 0.5) is 5.00 Å². The Balaban J connectivity index is 0.00000300. The molecule has 8 heteroatoms. The number of likely N-dealkylation sites (N-methyl/N-ethyl adjacent to an activating group) is 1. The second-order valence-corrected chi connectivity index (χ2v) is 8.70. The van der Waals surface area contributed by atoms with Gasteiger partial charge in [0.25, 0.3) is 0 Å². The molecule has 3 rings (SSSR count). The molecule has 1 saturated heterocycles. The highest BCUT2D eigenvalue weighted by Gasteiger charge is 2.21. The molecule has 1 aliphatic rings. The van der Waals surface area contributed by atoms with Crippen molar-refractivity contribution in [1.82, 2.24) is 15.5 Å². The van der Waals surface area contributed by atoms with E-state index in [4.69, 9.17) is 11.6 Å². The van der Waals surface area contributed by atoms with E-state index in [-0.39, 0.29) is 30.0 Å². The first-order valence-corrected chi connectivity index (χ1v) is 11.0. The van der Waals surface area contributed by atoms with E-state index < -0.39 is 0 Å². The minimum absolute atomic E-state index is 0. The molecule has 1 unspecified atom stereocenters. The highest BCUT2D eigenvalue weighted by atomic mass is 127. The molecule has 2 aromatic rings. The van der Waals surface area contributed by atoms with Gasteiger partial charge in [-0.05, 0) is 62.1 Å². The van der Waals surface area contributed by atoms with Gasteiger partial charge in [-0.3, -0.25) is 4.99 Å². The van der Waals surface area contributed by atoms with E-state index in [0.29, 0.717) is 6.04 Å². The van der Waals surface area contributed by atoms with Crippen molar-refractivity contribution < 1.29 is 0 Å². The molecule has 1 aromatic carbocycles. The molecular formula is C21H31ClIN5S. The highest BCUT2D eigenvalue weighted by molar-refractivity contribution is 14.0. The van der Waals surface area contributed by atoms with Gasteiger partial charge in [0.05, 0.1) is 11.0 Å². The molecule has 1 atom stereocenters. The minimum Gasteiger partial charge on any atom is -0.363 e. The van der Waals surface area contributed by atoms with Gasteiger partial charge in [0.15, 0.2) is 5.96 Å². The summed E-state index contributed by atoms with van der Waals surface area (Å²) in [4.78, 5) is 9.12. The van der Waals surface area contributed by atoms with Crippen molar-refractivity contribution in [1.29, 1.82) is 0 Å². The lowest BCUT2D eigenvalue weighted by Crippen LogP contribution is -2.49. The average Bonchev–Trinajstić information content (AvgIpc) is 3.23. The molecular weight excluding hydrogens is 517 g/mol. The van der Waals surface area contributed by atoms with E-state index in [1.807, 2.05) is 30.5 Å². The fourth-order valence-electron chi connectivity index (χ4n) is 3.56. The lowest BCUT2D eigenvalue weighted by molar-refractivity contribution is 0.297. The van der Waals surface area contributed by atoms with E-state index in [1.54, 1.807) is 0 Å². The quantitative estimate of drug-likeness (QED) is 0.319. The Kier molecular flexibility index (Phi) is 10.0. The van der Waals surface area contributed by atoms with E-state index in [0.717, 1.165) is 43.5 Å². The number of nitrogens with one attached hydrogen (secondary N) is 2. The molecule has 0 amide bonds. The molecule has 0 spiro atoms. The summed E-state index contributed by atoms with van der Waals surface area (Å²) in [6.07, 6.45) is 2.24. The van der Waals surface area contributed by atoms with Gasteiger partial charge in [0, 0.05) is 37.7 Å². The number of hydrogen-bond acceptors (Lipinski definition) is 4. The smallest absolute Gasteiger partial charge is 0.191 e. The maximum absolute atomic E-state index is 6.04. The average molecular weight is 548 g/mol. The van der Waals surface area contributed by atoms with Gasteiger partial charge >= 0.3 is 0 Å². The van der Waals surface area contributed by atoms with Crippen LogP contribution in [0.15, 0.2) is 46.8 Å². The normalized spacial score (nSPS) is 16.4. The number of halogens is 2. The van der Waals surface area contributed by atoms with Crippen LogP contribution in [-0.4, -0.2) is 57.7 Å². The van der Waals surface area contributed by atoms with E-state index in [9.17, 15) is 0 Å². The molecule has 0 bridgehead atoms. The molecule has 1 fully saturated rings. The van der Waals surface area contributed by atoms with Gasteiger partial charge in [-0.2, -0.15) is 0 Å². The molecule has 160 valence electrons. The van der Waals surface area contributed by atoms with Gasteiger partial charge in [0.1, 0.15) is 0 Å². The molecule has 29 heavy (non-hydrogen) atoms. The third-order valence-electron chi connectivity index (χ3n) is 5.22. The second kappa shape index (κ2) is 12.0. The number of guanidine groups is 1. The maximum Gasteiger partial charge on any atom is 0.191 e. The number of hydrogen-bond donors (Lipinski definition) is 2. The zero-order valence-corrected chi connectivity index (χ0v) is 21.2. The van der Waals surface area contributed by atoms with Crippen LogP contribution >= 0.6 is 46.9 Å². The van der Waals surface area contributed by atoms with Crippen LogP contribution in [-0.2, 0) is 0 Å². The van der Waals surface area contributed by atoms with Crippen molar-refractivity contribution in [3.05, 3.63) is 52.4 Å². The van der Waals surface area contributed by atoms with Crippen molar-refractivity contribution >= 4 is 57.9 Å². The molecule has 0 radical (unpaired) electrons. The number of aliphatic imine (C=N–C) groups is 1. The standard InChI is InChI=1S/C21H30ClN5S.HI/c1-23-21(24-15-19(26(2)3)16-6-8-17(22)9-7-16)25-18-10-12-27(13-11-18)20-5-4-14-28-20;/h4-9,14,18-19H,10-13,15H2,1-3H3,(H2,23,24,25);1H. The molecule has 2 N–H and O–H groups in total. The molecule has 2 heterocycles. The monoisotopic (exact) mass is 547 g/mol. The van der Waals surface area contributed by atoms with Gasteiger partial charge < -0.3 is 20.4 Å². The third kappa shape index (κ3) is 7.01. The molecule has 0 saturated carbocycles. The predicted octanol–water partition coefficient (Wildman–Crippen LogP) is 4.46. The topological polar surface area (TPSA) is 42.9 Å². The summed E-state index contributed by atoms with van der Waals surface area (Å²) in [7, 11) is 6.03. The van der Waals surface area contributed by atoms with Crippen LogP contribution in [0.5, 0.6) is 0 Å². The lowest BCUT2D eigenvalue weighted by atomic mass is 10.1. The Labute approximate surface area is 200 Å². The Morgan fingerprint density at radius 2 is 1.93 bits per heavy atom. The van der Waals surface area contributed by atoms with E-state index in [1.165, 1.54) is 10.6 Å². The summed E-state index contributed by atoms with van der Waals surface area (Å²) in [5.74, 6) is 0.871. The number of piperidine rings is 1. The highest BCUT2D eigenvalue weighted by Crippen LogP contribution is 2.25. The lowest BCUT2D eigenvalue weighted by Gasteiger charge is -2.34. The fourth-order valence-corrected chi connectivity index (χ4v) is 4.47. The van der Waals surface area contributed by atoms with Gasteiger partial charge in [-0.15, -0.1) is 35.3 Å². The number of rotatable bonds is 6. The Morgan fingerprint density at radius 3 is 2.48 bits per heavy atom. The number of nitrogens with zero attached hydrogens (tertiary/aromatic N) is 3. The largest absolute Gasteiger partial charge is 0.363 e. The molecule has 1 aromatic heterocycles. The van der Waals surface area contributed by atoms with E-state index in [2.05, 4.69) is 69.2 Å². The SMILES string of the molecule is CN=C(NCC(c1ccc(Cl)cc1)N(C)C)NC1CCN(c2cccs2)CC1.I. The van der Waals surface area contributed by atoms with E-state index >= 15 is 0 Å². The first-order chi connectivity index (χ1) is 13.6. The van der Waals surface area contributed by atoms with Crippen molar-refractivity contribution in [2.45, 2.75) is 24.9 Å². The van der Waals surface area contributed by atoms with Crippen LogP contribution in [0.25, 0.3) is 0 Å². The summed E-state index contributed by atoms with van der Waals surface area (Å²) in [5, 5.41) is 11.4. The predicted molar refractivity (Wildman–Crippen MR) is 137 cm³/mol. The van der Waals surface area contributed by atoms with Crippen molar-refractivity contribution in [3.8, 4) is 0 Å². The molecule has 0 aliphatic carbocycles. The van der Waals surface area contributed by atoms with Crippen molar-refractivity contribution in [3.63, 3.8) is 0 Å². The Hall–Kier alpha value is -1.03. The fraction of sp³-hybridized carbons (Fsp3) is 0.476. The zero-order valence-electron chi connectivity index (χ0n) is 17.3. The summed E-state index contributed by atoms with van der Waals surface area (Å²) < 4.78 is 0. The van der Waals surface area contributed by atoms with Crippen LogP contribution in [0.2, 0.25) is 5.02 Å². The zero-order chi connectivity index (χ0) is 19.9. The van der Waals surface area contributed by atoms with Crippen LogP contribution in [0, 0.1) is 0 Å². The van der Waals surface area contributed by atoms with Gasteiger partial charge in [0.2, 0.25) is 0 Å². The summed E-state index contributed by atoms with van der Waals surface area (Å²) in [6, 6.07) is 13.1. The molecule has 1 aliphatic heterocycles. The second-order valence-electron chi connectivity index (χ2n) is 7.34. The summed E-state index contributed by atoms with van der Waals surface area (Å²) >= 11 is 7.85. The van der Waals surface area contributed by atoms with Crippen molar-refractivity contribution in [2.24, 2.45) is 4.99 Å². The number of anilines is 1. The maximum atomic E-state index is 6.04. The molecule has 5 nitrogen and oxygen atoms in total. The minimum atomic E-state index is 0. The number of benzene rings is 1. The van der Waals surface area contributed by atoms with Crippen LogP contribution in [0.1, 0.15) is 24.4 Å². The van der Waals surface area contributed by atoms with Gasteiger partial charge in [-0.1, -0.05) is 23.7 Å². The Morgan fingerprint density at radius 1 is 1.24 bits per heavy atom. The first-order valence-electron chi connectivity index (χ1n) is 9.74. The summed E-state index contributed by atoms with van der Waals surface area (Å²) in [6.45, 7) is 2.95. The van der Waals surface area contributed by atoms with Crippen molar-refractivity contribution in [2.75, 3.05) is 45.7 Å². The van der Waals surface area contributed by atoms with Crippen LogP contribution < -0.4 is 15.5 Å². The van der Waals surface area contributed by atoms with Crippen LogP contribution in [0.3, 0.4) is 0 Å². The van der Waals surface area contributed by atoms with Gasteiger partial charge in [-0.25, -0.2) is 0 Å². The third-order valence-corrected chi connectivity index (χ3v) is 6.40.